The first kappa shape index (κ1) is 13.1. The van der Waals surface area contributed by atoms with Gasteiger partial charge in [0.2, 0.25) is 5.88 Å². The van der Waals surface area contributed by atoms with E-state index in [1.54, 1.807) is 6.33 Å². The molecule has 0 bridgehead atoms. The molecule has 0 atom stereocenters. The zero-order valence-corrected chi connectivity index (χ0v) is 11.6. The molecule has 0 saturated heterocycles. The van der Waals surface area contributed by atoms with E-state index in [4.69, 9.17) is 4.74 Å². The molecule has 2 rings (SSSR count). The highest BCUT2D eigenvalue weighted by atomic mass is 16.5. The predicted octanol–water partition coefficient (Wildman–Crippen LogP) is 3.18. The molecular formula is C14H23N3O. The van der Waals surface area contributed by atoms with Crippen molar-refractivity contribution in [3.8, 4) is 5.88 Å². The first-order valence-corrected chi connectivity index (χ1v) is 6.83. The standard InChI is InChI=1S/C14H23N3O/c1-4-18-13-11(2)12(16-10-17-13)15-9-14(3)7-5-6-8-14/h10H,4-9H2,1-3H3,(H,15,16,17). The Balaban J connectivity index is 2.02. The highest BCUT2D eigenvalue weighted by Gasteiger charge is 2.28. The van der Waals surface area contributed by atoms with Crippen LogP contribution < -0.4 is 10.1 Å². The van der Waals surface area contributed by atoms with E-state index in [1.165, 1.54) is 25.7 Å². The summed E-state index contributed by atoms with van der Waals surface area (Å²) in [5.41, 5.74) is 1.42. The van der Waals surface area contributed by atoms with E-state index in [2.05, 4.69) is 22.2 Å². The second-order valence-electron chi connectivity index (χ2n) is 5.46. The van der Waals surface area contributed by atoms with Crippen LogP contribution in [0.15, 0.2) is 6.33 Å². The van der Waals surface area contributed by atoms with Crippen LogP contribution in [0.4, 0.5) is 5.82 Å². The maximum atomic E-state index is 5.48. The minimum Gasteiger partial charge on any atom is -0.478 e. The molecule has 4 nitrogen and oxygen atoms in total. The van der Waals surface area contributed by atoms with Gasteiger partial charge in [-0.2, -0.15) is 0 Å². The van der Waals surface area contributed by atoms with Gasteiger partial charge in [0.1, 0.15) is 12.1 Å². The molecule has 1 heterocycles. The lowest BCUT2D eigenvalue weighted by Crippen LogP contribution is -2.23. The molecule has 0 unspecified atom stereocenters. The van der Waals surface area contributed by atoms with Crippen molar-refractivity contribution < 1.29 is 4.74 Å². The third-order valence-electron chi connectivity index (χ3n) is 3.81. The van der Waals surface area contributed by atoms with Crippen LogP contribution in [0.5, 0.6) is 5.88 Å². The van der Waals surface area contributed by atoms with Crippen LogP contribution in [0.3, 0.4) is 0 Å². The fourth-order valence-corrected chi connectivity index (χ4v) is 2.60. The summed E-state index contributed by atoms with van der Waals surface area (Å²) in [4.78, 5) is 8.46. The van der Waals surface area contributed by atoms with E-state index in [9.17, 15) is 0 Å². The van der Waals surface area contributed by atoms with Crippen LogP contribution in [0, 0.1) is 12.3 Å². The maximum Gasteiger partial charge on any atom is 0.221 e. The Morgan fingerprint density at radius 2 is 2.06 bits per heavy atom. The van der Waals surface area contributed by atoms with Gasteiger partial charge >= 0.3 is 0 Å². The van der Waals surface area contributed by atoms with Crippen molar-refractivity contribution in [2.75, 3.05) is 18.5 Å². The quantitative estimate of drug-likeness (QED) is 0.870. The van der Waals surface area contributed by atoms with Crippen LogP contribution in [0.25, 0.3) is 0 Å². The van der Waals surface area contributed by atoms with Crippen LogP contribution in [0.2, 0.25) is 0 Å². The summed E-state index contributed by atoms with van der Waals surface area (Å²) in [6, 6.07) is 0. The SMILES string of the molecule is CCOc1ncnc(NCC2(C)CCCC2)c1C. The fourth-order valence-electron chi connectivity index (χ4n) is 2.60. The molecule has 0 radical (unpaired) electrons. The van der Waals surface area contributed by atoms with Gasteiger partial charge in [0.25, 0.3) is 0 Å². The summed E-state index contributed by atoms with van der Waals surface area (Å²) in [6.45, 7) is 7.94. The van der Waals surface area contributed by atoms with Crippen LogP contribution >= 0.6 is 0 Å². The smallest absolute Gasteiger partial charge is 0.221 e. The van der Waals surface area contributed by atoms with E-state index in [0.29, 0.717) is 17.9 Å². The predicted molar refractivity (Wildman–Crippen MR) is 73.0 cm³/mol. The number of hydrogen-bond acceptors (Lipinski definition) is 4. The van der Waals surface area contributed by atoms with Gasteiger partial charge in [-0.1, -0.05) is 19.8 Å². The molecule has 100 valence electrons. The van der Waals surface area contributed by atoms with Crippen molar-refractivity contribution in [1.82, 2.24) is 9.97 Å². The van der Waals surface area contributed by atoms with Gasteiger partial charge in [-0.3, -0.25) is 0 Å². The monoisotopic (exact) mass is 249 g/mol. The summed E-state index contributed by atoms with van der Waals surface area (Å²) in [5, 5.41) is 3.46. The molecule has 4 heteroatoms. The average Bonchev–Trinajstić information content (AvgIpc) is 2.78. The topological polar surface area (TPSA) is 47.0 Å². The van der Waals surface area contributed by atoms with Crippen molar-refractivity contribution in [1.29, 1.82) is 0 Å². The zero-order chi connectivity index (χ0) is 13.0. The van der Waals surface area contributed by atoms with Gasteiger partial charge in [-0.05, 0) is 32.1 Å². The fraction of sp³-hybridized carbons (Fsp3) is 0.714. The number of hydrogen-bond donors (Lipinski definition) is 1. The Morgan fingerprint density at radius 1 is 1.33 bits per heavy atom. The molecule has 1 fully saturated rings. The van der Waals surface area contributed by atoms with Gasteiger partial charge in [-0.25, -0.2) is 9.97 Å². The Kier molecular flexibility index (Phi) is 4.04. The molecule has 1 aromatic rings. The Morgan fingerprint density at radius 3 is 2.72 bits per heavy atom. The first-order valence-electron chi connectivity index (χ1n) is 6.83. The Bertz CT molecular complexity index is 400. The molecule has 1 aliphatic rings. The van der Waals surface area contributed by atoms with Gasteiger partial charge in [0.05, 0.1) is 12.2 Å². The lowest BCUT2D eigenvalue weighted by Gasteiger charge is -2.24. The Labute approximate surface area is 109 Å². The molecule has 18 heavy (non-hydrogen) atoms. The minimum atomic E-state index is 0.420. The van der Waals surface area contributed by atoms with Gasteiger partial charge < -0.3 is 10.1 Å². The van der Waals surface area contributed by atoms with E-state index in [0.717, 1.165) is 17.9 Å². The first-order chi connectivity index (χ1) is 8.64. The molecule has 0 amide bonds. The van der Waals surface area contributed by atoms with Crippen LogP contribution in [0.1, 0.15) is 45.1 Å². The highest BCUT2D eigenvalue weighted by Crippen LogP contribution is 2.37. The molecule has 0 aliphatic heterocycles. The van der Waals surface area contributed by atoms with E-state index in [-0.39, 0.29) is 0 Å². The lowest BCUT2D eigenvalue weighted by molar-refractivity contribution is 0.323. The largest absolute Gasteiger partial charge is 0.478 e. The molecule has 1 N–H and O–H groups in total. The summed E-state index contributed by atoms with van der Waals surface area (Å²) in [7, 11) is 0. The summed E-state index contributed by atoms with van der Waals surface area (Å²) in [6.07, 6.45) is 6.89. The van der Waals surface area contributed by atoms with Crippen molar-refractivity contribution in [2.45, 2.75) is 46.5 Å². The normalized spacial score (nSPS) is 17.7. The number of ether oxygens (including phenoxy) is 1. The third kappa shape index (κ3) is 2.92. The van der Waals surface area contributed by atoms with Crippen molar-refractivity contribution in [2.24, 2.45) is 5.41 Å². The average molecular weight is 249 g/mol. The third-order valence-corrected chi connectivity index (χ3v) is 3.81. The summed E-state index contributed by atoms with van der Waals surface area (Å²) in [5.74, 6) is 1.59. The molecule has 1 aliphatic carbocycles. The number of rotatable bonds is 5. The molecular weight excluding hydrogens is 226 g/mol. The number of nitrogens with one attached hydrogen (secondary N) is 1. The number of nitrogens with zero attached hydrogens (tertiary/aromatic N) is 2. The summed E-state index contributed by atoms with van der Waals surface area (Å²) >= 11 is 0. The van der Waals surface area contributed by atoms with E-state index >= 15 is 0 Å². The molecule has 1 saturated carbocycles. The van der Waals surface area contributed by atoms with Gasteiger partial charge in [-0.15, -0.1) is 0 Å². The second kappa shape index (κ2) is 5.55. The second-order valence-corrected chi connectivity index (χ2v) is 5.46. The molecule has 0 aromatic carbocycles. The molecule has 1 aromatic heterocycles. The molecule has 0 spiro atoms. The van der Waals surface area contributed by atoms with Crippen molar-refractivity contribution >= 4 is 5.82 Å². The minimum absolute atomic E-state index is 0.420. The lowest BCUT2D eigenvalue weighted by atomic mass is 9.89. The van der Waals surface area contributed by atoms with Crippen molar-refractivity contribution in [3.63, 3.8) is 0 Å². The van der Waals surface area contributed by atoms with Crippen LogP contribution in [-0.4, -0.2) is 23.1 Å². The summed E-state index contributed by atoms with van der Waals surface area (Å²) < 4.78 is 5.48. The number of aromatic nitrogens is 2. The van der Waals surface area contributed by atoms with Crippen molar-refractivity contribution in [3.05, 3.63) is 11.9 Å². The van der Waals surface area contributed by atoms with Gasteiger partial charge in [0.15, 0.2) is 0 Å². The zero-order valence-electron chi connectivity index (χ0n) is 11.6. The number of anilines is 1. The highest BCUT2D eigenvalue weighted by molar-refractivity contribution is 5.47. The van der Waals surface area contributed by atoms with Gasteiger partial charge in [0, 0.05) is 6.54 Å². The van der Waals surface area contributed by atoms with E-state index in [1.807, 2.05) is 13.8 Å². The van der Waals surface area contributed by atoms with Crippen LogP contribution in [-0.2, 0) is 0 Å². The van der Waals surface area contributed by atoms with E-state index < -0.39 is 0 Å². The Hall–Kier alpha value is -1.32. The maximum absolute atomic E-state index is 5.48.